The first-order valence-corrected chi connectivity index (χ1v) is 7.08. The highest BCUT2D eigenvalue weighted by Crippen LogP contribution is 2.36. The zero-order chi connectivity index (χ0) is 13.4. The van der Waals surface area contributed by atoms with Crippen LogP contribution in [0.1, 0.15) is 37.3 Å². The third kappa shape index (κ3) is 2.18. The largest absolute Gasteiger partial charge is 0.370 e. The SMILES string of the molecule is NC1=NCC(c2cccc(Cl)c2F)N1C1CCCC1. The first-order valence-electron chi connectivity index (χ1n) is 6.70. The zero-order valence-electron chi connectivity index (χ0n) is 10.6. The molecule has 1 unspecified atom stereocenters. The summed E-state index contributed by atoms with van der Waals surface area (Å²) in [4.78, 5) is 6.39. The monoisotopic (exact) mass is 281 g/mol. The average molecular weight is 282 g/mol. The predicted octanol–water partition coefficient (Wildman–Crippen LogP) is 3.09. The number of halogens is 2. The minimum atomic E-state index is -0.345. The fourth-order valence-electron chi connectivity index (χ4n) is 3.16. The van der Waals surface area contributed by atoms with E-state index in [0.29, 0.717) is 24.1 Å². The normalized spacial score (nSPS) is 24.0. The Morgan fingerprint density at radius 3 is 2.79 bits per heavy atom. The van der Waals surface area contributed by atoms with E-state index in [2.05, 4.69) is 9.89 Å². The smallest absolute Gasteiger partial charge is 0.192 e. The van der Waals surface area contributed by atoms with E-state index >= 15 is 0 Å². The van der Waals surface area contributed by atoms with E-state index in [1.54, 1.807) is 18.2 Å². The molecule has 1 fully saturated rings. The minimum absolute atomic E-state index is 0.109. The summed E-state index contributed by atoms with van der Waals surface area (Å²) >= 11 is 5.87. The Hall–Kier alpha value is -1.29. The summed E-state index contributed by atoms with van der Waals surface area (Å²) in [5.74, 6) is 0.193. The highest BCUT2D eigenvalue weighted by atomic mass is 35.5. The highest BCUT2D eigenvalue weighted by molar-refractivity contribution is 6.30. The van der Waals surface area contributed by atoms with Gasteiger partial charge in [-0.05, 0) is 18.9 Å². The van der Waals surface area contributed by atoms with Gasteiger partial charge in [-0.3, -0.25) is 4.99 Å². The summed E-state index contributed by atoms with van der Waals surface area (Å²) in [7, 11) is 0. The Morgan fingerprint density at radius 1 is 1.32 bits per heavy atom. The maximum atomic E-state index is 14.2. The average Bonchev–Trinajstić information content (AvgIpc) is 3.02. The Balaban J connectivity index is 1.93. The van der Waals surface area contributed by atoms with Crippen molar-refractivity contribution in [2.24, 2.45) is 10.7 Å². The van der Waals surface area contributed by atoms with E-state index in [-0.39, 0.29) is 16.9 Å². The topological polar surface area (TPSA) is 41.6 Å². The molecule has 0 amide bonds. The number of guanidine groups is 1. The van der Waals surface area contributed by atoms with Crippen molar-refractivity contribution in [2.45, 2.75) is 37.8 Å². The molecule has 0 spiro atoms. The lowest BCUT2D eigenvalue weighted by Gasteiger charge is -2.32. The zero-order valence-corrected chi connectivity index (χ0v) is 11.4. The minimum Gasteiger partial charge on any atom is -0.370 e. The highest BCUT2D eigenvalue weighted by Gasteiger charge is 2.36. The summed E-state index contributed by atoms with van der Waals surface area (Å²) < 4.78 is 14.2. The molecule has 0 radical (unpaired) electrons. The van der Waals surface area contributed by atoms with Crippen LogP contribution in [0.2, 0.25) is 5.02 Å². The first kappa shape index (κ1) is 12.7. The molecule has 1 aromatic rings. The van der Waals surface area contributed by atoms with E-state index in [1.807, 2.05) is 0 Å². The molecule has 3 nitrogen and oxygen atoms in total. The molecule has 1 aromatic carbocycles. The molecule has 0 saturated heterocycles. The van der Waals surface area contributed by atoms with Crippen LogP contribution >= 0.6 is 11.6 Å². The maximum absolute atomic E-state index is 14.2. The Morgan fingerprint density at radius 2 is 2.05 bits per heavy atom. The number of nitrogens with two attached hydrogens (primary N) is 1. The molecule has 2 N–H and O–H groups in total. The second-order valence-electron chi connectivity index (χ2n) is 5.20. The lowest BCUT2D eigenvalue weighted by molar-refractivity contribution is 0.257. The van der Waals surface area contributed by atoms with Crippen LogP contribution in [0.15, 0.2) is 23.2 Å². The maximum Gasteiger partial charge on any atom is 0.192 e. The van der Waals surface area contributed by atoms with Crippen molar-refractivity contribution in [3.63, 3.8) is 0 Å². The van der Waals surface area contributed by atoms with Gasteiger partial charge >= 0.3 is 0 Å². The van der Waals surface area contributed by atoms with Gasteiger partial charge in [-0.1, -0.05) is 36.6 Å². The van der Waals surface area contributed by atoms with E-state index in [4.69, 9.17) is 17.3 Å². The fraction of sp³-hybridized carbons (Fsp3) is 0.500. The molecule has 2 aliphatic rings. The van der Waals surface area contributed by atoms with Gasteiger partial charge in [0, 0.05) is 11.6 Å². The third-order valence-electron chi connectivity index (χ3n) is 4.09. The standard InChI is InChI=1S/C14H17ClFN3/c15-11-7-3-6-10(13(11)16)12-8-18-14(17)19(12)9-4-1-2-5-9/h3,6-7,9,12H,1-2,4-5,8H2,(H2,17,18). The molecule has 1 aliphatic carbocycles. The predicted molar refractivity (Wildman–Crippen MR) is 74.7 cm³/mol. The van der Waals surface area contributed by atoms with Gasteiger partial charge in [0.05, 0.1) is 17.6 Å². The van der Waals surface area contributed by atoms with Crippen LogP contribution in [-0.2, 0) is 0 Å². The lowest BCUT2D eigenvalue weighted by Crippen LogP contribution is -2.42. The quantitative estimate of drug-likeness (QED) is 0.905. The van der Waals surface area contributed by atoms with Crippen LogP contribution in [0.4, 0.5) is 4.39 Å². The summed E-state index contributed by atoms with van der Waals surface area (Å²) in [6.07, 6.45) is 4.63. The van der Waals surface area contributed by atoms with Crippen molar-refractivity contribution in [1.29, 1.82) is 0 Å². The lowest BCUT2D eigenvalue weighted by atomic mass is 10.0. The number of nitrogens with zero attached hydrogens (tertiary/aromatic N) is 2. The molecular weight excluding hydrogens is 265 g/mol. The molecule has 102 valence electrons. The van der Waals surface area contributed by atoms with Crippen molar-refractivity contribution in [3.05, 3.63) is 34.6 Å². The molecule has 1 heterocycles. The van der Waals surface area contributed by atoms with Gasteiger partial charge in [0.1, 0.15) is 5.82 Å². The van der Waals surface area contributed by atoms with Crippen molar-refractivity contribution >= 4 is 17.6 Å². The summed E-state index contributed by atoms with van der Waals surface area (Å²) in [6.45, 7) is 0.513. The van der Waals surface area contributed by atoms with E-state index < -0.39 is 0 Å². The van der Waals surface area contributed by atoms with Gasteiger partial charge in [0.2, 0.25) is 0 Å². The molecule has 1 atom stereocenters. The summed E-state index contributed by atoms with van der Waals surface area (Å²) in [5.41, 5.74) is 6.60. The van der Waals surface area contributed by atoms with Gasteiger partial charge in [-0.15, -0.1) is 0 Å². The third-order valence-corrected chi connectivity index (χ3v) is 4.38. The van der Waals surface area contributed by atoms with E-state index in [9.17, 15) is 4.39 Å². The van der Waals surface area contributed by atoms with Gasteiger partial charge < -0.3 is 10.6 Å². The van der Waals surface area contributed by atoms with Crippen LogP contribution in [-0.4, -0.2) is 23.4 Å². The van der Waals surface area contributed by atoms with E-state index in [1.165, 1.54) is 12.8 Å². The fourth-order valence-corrected chi connectivity index (χ4v) is 3.34. The summed E-state index contributed by atoms with van der Waals surface area (Å²) in [5, 5.41) is 0.161. The Labute approximate surface area is 117 Å². The van der Waals surface area contributed by atoms with Crippen LogP contribution in [0, 0.1) is 5.82 Å². The van der Waals surface area contributed by atoms with Crippen molar-refractivity contribution in [1.82, 2.24) is 4.90 Å². The van der Waals surface area contributed by atoms with Crippen LogP contribution < -0.4 is 5.73 Å². The number of hydrogen-bond acceptors (Lipinski definition) is 3. The molecule has 5 heteroatoms. The number of rotatable bonds is 2. The van der Waals surface area contributed by atoms with Crippen molar-refractivity contribution < 1.29 is 4.39 Å². The second kappa shape index (κ2) is 5.00. The van der Waals surface area contributed by atoms with E-state index in [0.717, 1.165) is 12.8 Å². The molecule has 3 rings (SSSR count). The molecule has 0 bridgehead atoms. The van der Waals surface area contributed by atoms with Crippen LogP contribution in [0.5, 0.6) is 0 Å². The van der Waals surface area contributed by atoms with Gasteiger partial charge in [0.15, 0.2) is 5.96 Å². The first-order chi connectivity index (χ1) is 9.18. The number of aliphatic imine (C=N–C) groups is 1. The molecular formula is C14H17ClFN3. The Bertz CT molecular complexity index is 511. The van der Waals surface area contributed by atoms with Crippen molar-refractivity contribution in [3.8, 4) is 0 Å². The number of hydrogen-bond donors (Lipinski definition) is 1. The van der Waals surface area contributed by atoms with Gasteiger partial charge in [0.25, 0.3) is 0 Å². The van der Waals surface area contributed by atoms with Crippen molar-refractivity contribution in [2.75, 3.05) is 6.54 Å². The Kier molecular flexibility index (Phi) is 3.35. The van der Waals surface area contributed by atoms with Crippen LogP contribution in [0.25, 0.3) is 0 Å². The molecule has 1 saturated carbocycles. The molecule has 19 heavy (non-hydrogen) atoms. The number of benzene rings is 1. The van der Waals surface area contributed by atoms with Crippen LogP contribution in [0.3, 0.4) is 0 Å². The van der Waals surface area contributed by atoms with Gasteiger partial charge in [-0.25, -0.2) is 4.39 Å². The second-order valence-corrected chi connectivity index (χ2v) is 5.61. The molecule has 0 aromatic heterocycles. The van der Waals surface area contributed by atoms with Gasteiger partial charge in [-0.2, -0.15) is 0 Å². The summed E-state index contributed by atoms with van der Waals surface area (Å²) in [6, 6.07) is 5.40. The molecule has 1 aliphatic heterocycles.